The average molecular weight is 520 g/mol. The van der Waals surface area contributed by atoms with Gasteiger partial charge in [-0.2, -0.15) is 5.10 Å². The molecule has 1 N–H and O–H groups in total. The van der Waals surface area contributed by atoms with Crippen LogP contribution in [0.15, 0.2) is 30.3 Å². The second kappa shape index (κ2) is 9.31. The zero-order chi connectivity index (χ0) is 25.9. The number of fused-ring (bicyclic) bond motifs is 1. The van der Waals surface area contributed by atoms with Crippen LogP contribution in [-0.2, 0) is 4.74 Å². The van der Waals surface area contributed by atoms with E-state index < -0.39 is 5.97 Å². The van der Waals surface area contributed by atoms with Crippen LogP contribution in [0.2, 0.25) is 0 Å². The Hall–Kier alpha value is -3.04. The summed E-state index contributed by atoms with van der Waals surface area (Å²) in [7, 11) is 0. The molecule has 7 rings (SSSR count). The van der Waals surface area contributed by atoms with E-state index in [2.05, 4.69) is 14.8 Å². The number of anilines is 1. The van der Waals surface area contributed by atoms with Crippen molar-refractivity contribution in [1.29, 1.82) is 0 Å². The molecular formula is C29H34FN5O3. The molecule has 200 valence electrons. The molecule has 9 heteroatoms. The molecule has 1 saturated carbocycles. The molecule has 2 aromatic heterocycles. The van der Waals surface area contributed by atoms with Gasteiger partial charge in [0.2, 0.25) is 0 Å². The van der Waals surface area contributed by atoms with Gasteiger partial charge in [-0.25, -0.2) is 18.9 Å². The minimum Gasteiger partial charge on any atom is -0.477 e. The summed E-state index contributed by atoms with van der Waals surface area (Å²) in [4.78, 5) is 21.7. The molecule has 0 bridgehead atoms. The van der Waals surface area contributed by atoms with Gasteiger partial charge in [0.25, 0.3) is 0 Å². The van der Waals surface area contributed by atoms with Gasteiger partial charge >= 0.3 is 5.97 Å². The first-order valence-corrected chi connectivity index (χ1v) is 14.0. The lowest BCUT2D eigenvalue weighted by atomic mass is 9.71. The van der Waals surface area contributed by atoms with Crippen LogP contribution < -0.4 is 4.90 Å². The molecule has 1 aliphatic carbocycles. The van der Waals surface area contributed by atoms with E-state index in [9.17, 15) is 14.3 Å². The third-order valence-corrected chi connectivity index (χ3v) is 9.59. The molecule has 4 aliphatic rings. The average Bonchev–Trinajstić information content (AvgIpc) is 3.23. The first-order chi connectivity index (χ1) is 18.5. The third kappa shape index (κ3) is 4.07. The molecule has 5 heterocycles. The summed E-state index contributed by atoms with van der Waals surface area (Å²) >= 11 is 0. The van der Waals surface area contributed by atoms with Crippen molar-refractivity contribution in [2.75, 3.05) is 44.3 Å². The van der Waals surface area contributed by atoms with E-state index >= 15 is 0 Å². The van der Waals surface area contributed by atoms with Crippen molar-refractivity contribution >= 4 is 22.7 Å². The lowest BCUT2D eigenvalue weighted by Crippen LogP contribution is -2.55. The number of piperidine rings is 2. The standard InChI is InChI=1S/C29H34FN5O3/c30-20-4-6-21(7-5-20)35-27-25(26(32-35)19-2-1-3-19)24(16-23(31-27)28(36)37)34-14-10-29(11-15-34)8-12-33(13-9-29)22-17-38-18-22/h4-7,16,19,22H,1-3,8-15,17-18H2,(H,36,37). The minimum atomic E-state index is -1.05. The van der Waals surface area contributed by atoms with Crippen LogP contribution in [0.25, 0.3) is 16.7 Å². The summed E-state index contributed by atoms with van der Waals surface area (Å²) in [5.74, 6) is -1.03. The maximum absolute atomic E-state index is 13.7. The Morgan fingerprint density at radius 3 is 2.29 bits per heavy atom. The van der Waals surface area contributed by atoms with E-state index in [1.165, 1.54) is 31.4 Å². The number of rotatable bonds is 5. The van der Waals surface area contributed by atoms with Gasteiger partial charge < -0.3 is 14.7 Å². The quantitative estimate of drug-likeness (QED) is 0.527. The number of likely N-dealkylation sites (tertiary alicyclic amines) is 1. The van der Waals surface area contributed by atoms with E-state index in [1.54, 1.807) is 22.9 Å². The maximum Gasteiger partial charge on any atom is 0.354 e. The number of benzene rings is 1. The summed E-state index contributed by atoms with van der Waals surface area (Å²) in [5, 5.41) is 15.9. The van der Waals surface area contributed by atoms with Crippen molar-refractivity contribution in [3.63, 3.8) is 0 Å². The van der Waals surface area contributed by atoms with E-state index in [1.807, 2.05) is 0 Å². The first-order valence-electron chi connectivity index (χ1n) is 14.0. The second-order valence-corrected chi connectivity index (χ2v) is 11.6. The number of carbonyl (C=O) groups is 1. The molecule has 8 nitrogen and oxygen atoms in total. The molecule has 0 unspecified atom stereocenters. The number of pyridine rings is 1. The largest absolute Gasteiger partial charge is 0.477 e. The number of carboxylic acids is 1. The monoisotopic (exact) mass is 519 g/mol. The number of ether oxygens (including phenoxy) is 1. The number of carboxylic acid groups (broad SMARTS) is 1. The number of halogens is 1. The molecule has 3 saturated heterocycles. The van der Waals surface area contributed by atoms with Gasteiger partial charge in [0.1, 0.15) is 5.82 Å². The Balaban J connectivity index is 1.23. The van der Waals surface area contributed by atoms with Gasteiger partial charge in [0, 0.05) is 19.0 Å². The Morgan fingerprint density at radius 1 is 1.03 bits per heavy atom. The third-order valence-electron chi connectivity index (χ3n) is 9.59. The zero-order valence-corrected chi connectivity index (χ0v) is 21.6. The number of hydrogen-bond donors (Lipinski definition) is 1. The lowest BCUT2D eigenvalue weighted by molar-refractivity contribution is -0.0834. The molecule has 0 atom stereocenters. The highest BCUT2D eigenvalue weighted by Gasteiger charge is 2.41. The Kier molecular flexibility index (Phi) is 5.89. The van der Waals surface area contributed by atoms with Crippen LogP contribution in [0.5, 0.6) is 0 Å². The molecular weight excluding hydrogens is 485 g/mol. The van der Waals surface area contributed by atoms with Crippen molar-refractivity contribution in [2.24, 2.45) is 5.41 Å². The second-order valence-electron chi connectivity index (χ2n) is 11.6. The number of aromatic nitrogens is 3. The van der Waals surface area contributed by atoms with Gasteiger partial charge in [-0.05, 0) is 87.4 Å². The van der Waals surface area contributed by atoms with Crippen molar-refractivity contribution in [3.8, 4) is 5.69 Å². The summed E-state index contributed by atoms with van der Waals surface area (Å²) in [5.41, 5.74) is 3.54. The van der Waals surface area contributed by atoms with Crippen LogP contribution in [0, 0.1) is 11.2 Å². The van der Waals surface area contributed by atoms with E-state index in [4.69, 9.17) is 9.84 Å². The predicted molar refractivity (Wildman–Crippen MR) is 142 cm³/mol. The zero-order valence-electron chi connectivity index (χ0n) is 21.6. The molecule has 3 aliphatic heterocycles. The number of nitrogens with zero attached hydrogens (tertiary/aromatic N) is 5. The molecule has 38 heavy (non-hydrogen) atoms. The van der Waals surface area contributed by atoms with Gasteiger partial charge in [-0.3, -0.25) is 4.90 Å². The molecule has 0 radical (unpaired) electrons. The van der Waals surface area contributed by atoms with Crippen molar-refractivity contribution in [3.05, 3.63) is 47.5 Å². The summed E-state index contributed by atoms with van der Waals surface area (Å²) < 4.78 is 20.8. The highest BCUT2D eigenvalue weighted by Crippen LogP contribution is 2.46. The van der Waals surface area contributed by atoms with Crippen molar-refractivity contribution in [1.82, 2.24) is 19.7 Å². The SMILES string of the molecule is O=C(O)c1cc(N2CCC3(CC2)CCN(C2COC2)CC3)c2c(C3CCC3)nn(-c3ccc(F)cc3)c2n1. The predicted octanol–water partition coefficient (Wildman–Crippen LogP) is 4.61. The topological polar surface area (TPSA) is 83.7 Å². The number of hydrogen-bond acceptors (Lipinski definition) is 6. The maximum atomic E-state index is 13.7. The fraction of sp³-hybridized carbons (Fsp3) is 0.552. The van der Waals surface area contributed by atoms with Gasteiger partial charge in [0.05, 0.1) is 41.7 Å². The Labute approximate surface area is 221 Å². The van der Waals surface area contributed by atoms with Crippen LogP contribution in [0.4, 0.5) is 10.1 Å². The summed E-state index contributed by atoms with van der Waals surface area (Å²) in [6.07, 6.45) is 7.97. The van der Waals surface area contributed by atoms with Crippen molar-refractivity contribution in [2.45, 2.75) is 56.9 Å². The number of aromatic carboxylic acids is 1. The van der Waals surface area contributed by atoms with Crippen LogP contribution in [-0.4, -0.2) is 76.2 Å². The minimum absolute atomic E-state index is 0.0206. The fourth-order valence-corrected chi connectivity index (χ4v) is 6.73. The van der Waals surface area contributed by atoms with Crippen molar-refractivity contribution < 1.29 is 19.0 Å². The van der Waals surface area contributed by atoms with Gasteiger partial charge in [0.15, 0.2) is 11.3 Å². The van der Waals surface area contributed by atoms with E-state index in [0.29, 0.717) is 28.7 Å². The van der Waals surface area contributed by atoms with Gasteiger partial charge in [-0.15, -0.1) is 0 Å². The highest BCUT2D eigenvalue weighted by atomic mass is 19.1. The summed E-state index contributed by atoms with van der Waals surface area (Å²) in [6.45, 7) is 5.84. The van der Waals surface area contributed by atoms with Crippen LogP contribution in [0.1, 0.15) is 67.0 Å². The molecule has 1 spiro atoms. The molecule has 4 fully saturated rings. The van der Waals surface area contributed by atoms with E-state index in [0.717, 1.165) is 81.8 Å². The normalized spacial score (nSPS) is 22.5. The fourth-order valence-electron chi connectivity index (χ4n) is 6.73. The van der Waals surface area contributed by atoms with Crippen LogP contribution in [0.3, 0.4) is 0 Å². The van der Waals surface area contributed by atoms with E-state index in [-0.39, 0.29) is 11.5 Å². The van der Waals surface area contributed by atoms with Gasteiger partial charge in [-0.1, -0.05) is 6.42 Å². The highest BCUT2D eigenvalue weighted by molar-refractivity contribution is 5.98. The molecule has 1 aromatic carbocycles. The Bertz CT molecular complexity index is 1350. The lowest BCUT2D eigenvalue weighted by Gasteiger charge is -2.50. The smallest absolute Gasteiger partial charge is 0.354 e. The summed E-state index contributed by atoms with van der Waals surface area (Å²) in [6, 6.07) is 8.51. The molecule has 3 aromatic rings. The Morgan fingerprint density at radius 2 is 1.71 bits per heavy atom. The molecule has 0 amide bonds. The first kappa shape index (κ1) is 24.0. The van der Waals surface area contributed by atoms with Crippen LogP contribution >= 0.6 is 0 Å².